The van der Waals surface area contributed by atoms with Crippen LogP contribution in [0, 0.1) is 0 Å². The van der Waals surface area contributed by atoms with Gasteiger partial charge in [0.25, 0.3) is 0 Å². The second kappa shape index (κ2) is 8.27. The highest BCUT2D eigenvalue weighted by molar-refractivity contribution is 9.10. The van der Waals surface area contributed by atoms with Gasteiger partial charge in [-0.1, -0.05) is 13.8 Å². The van der Waals surface area contributed by atoms with Gasteiger partial charge in [-0.05, 0) is 49.9 Å². The molecule has 0 bridgehead atoms. The van der Waals surface area contributed by atoms with Crippen LogP contribution in [0.1, 0.15) is 38.9 Å². The van der Waals surface area contributed by atoms with Gasteiger partial charge >= 0.3 is 0 Å². The van der Waals surface area contributed by atoms with E-state index in [0.29, 0.717) is 6.61 Å². The largest absolute Gasteiger partial charge is 0.383 e. The molecule has 122 valence electrons. The summed E-state index contributed by atoms with van der Waals surface area (Å²) in [6.07, 6.45) is 2.92. The van der Waals surface area contributed by atoms with Crippen LogP contribution in [0.4, 0.5) is 0 Å². The standard InChI is InChI=1S/C15H29BrN4O/c1-7-15(3,19(4)5)14(17-8-2)13-12(16)11-18-20(13)9-10-21-6/h11,14,17H,7-10H2,1-6H3. The molecule has 0 aromatic carbocycles. The predicted molar refractivity (Wildman–Crippen MR) is 90.6 cm³/mol. The van der Waals surface area contributed by atoms with Crippen molar-refractivity contribution in [3.05, 3.63) is 16.4 Å². The Hall–Kier alpha value is -0.430. The molecule has 0 aliphatic rings. The molecule has 1 heterocycles. The average Bonchev–Trinajstić information content (AvgIpc) is 2.82. The fourth-order valence-corrected chi connectivity index (χ4v) is 3.13. The van der Waals surface area contributed by atoms with Crippen molar-refractivity contribution in [3.8, 4) is 0 Å². The Bertz CT molecular complexity index is 435. The van der Waals surface area contributed by atoms with Crippen molar-refractivity contribution >= 4 is 15.9 Å². The highest BCUT2D eigenvalue weighted by Gasteiger charge is 2.38. The first-order chi connectivity index (χ1) is 9.92. The van der Waals surface area contributed by atoms with Crippen molar-refractivity contribution < 1.29 is 4.74 Å². The molecule has 0 fully saturated rings. The summed E-state index contributed by atoms with van der Waals surface area (Å²) in [5.74, 6) is 0. The summed E-state index contributed by atoms with van der Waals surface area (Å²) in [5.41, 5.74) is 1.19. The number of methoxy groups -OCH3 is 1. The van der Waals surface area contributed by atoms with Crippen molar-refractivity contribution in [1.29, 1.82) is 0 Å². The van der Waals surface area contributed by atoms with Crippen LogP contribution in [0.5, 0.6) is 0 Å². The minimum atomic E-state index is 0.00336. The van der Waals surface area contributed by atoms with Gasteiger partial charge < -0.3 is 15.0 Å². The number of halogens is 1. The van der Waals surface area contributed by atoms with Crippen LogP contribution in [0.25, 0.3) is 0 Å². The van der Waals surface area contributed by atoms with Gasteiger partial charge in [-0.3, -0.25) is 4.68 Å². The van der Waals surface area contributed by atoms with Gasteiger partial charge in [0, 0.05) is 12.6 Å². The molecule has 0 aliphatic heterocycles. The van der Waals surface area contributed by atoms with Crippen LogP contribution in [-0.2, 0) is 11.3 Å². The molecule has 0 saturated carbocycles. The van der Waals surface area contributed by atoms with Gasteiger partial charge in [-0.2, -0.15) is 5.10 Å². The molecule has 1 aromatic rings. The average molecular weight is 361 g/mol. The minimum Gasteiger partial charge on any atom is -0.383 e. The molecule has 0 radical (unpaired) electrons. The SMILES string of the molecule is CCNC(c1c(Br)cnn1CCOC)C(C)(CC)N(C)C. The van der Waals surface area contributed by atoms with Crippen LogP contribution >= 0.6 is 15.9 Å². The molecule has 2 atom stereocenters. The summed E-state index contributed by atoms with van der Waals surface area (Å²) in [6.45, 7) is 8.99. The van der Waals surface area contributed by atoms with Crippen molar-refractivity contribution in [2.24, 2.45) is 0 Å². The number of rotatable bonds is 9. The summed E-state index contributed by atoms with van der Waals surface area (Å²) in [5, 5.41) is 8.14. The highest BCUT2D eigenvalue weighted by Crippen LogP contribution is 2.36. The quantitative estimate of drug-likeness (QED) is 0.734. The Kier molecular flexibility index (Phi) is 7.33. The summed E-state index contributed by atoms with van der Waals surface area (Å²) in [6, 6.07) is 0.191. The molecule has 0 aliphatic carbocycles. The van der Waals surface area contributed by atoms with E-state index in [-0.39, 0.29) is 11.6 Å². The Morgan fingerprint density at radius 1 is 1.48 bits per heavy atom. The lowest BCUT2D eigenvalue weighted by molar-refractivity contribution is 0.106. The second-order valence-electron chi connectivity index (χ2n) is 5.69. The van der Waals surface area contributed by atoms with E-state index >= 15 is 0 Å². The normalized spacial score (nSPS) is 16.2. The highest BCUT2D eigenvalue weighted by atomic mass is 79.9. The molecule has 0 amide bonds. The zero-order valence-corrected chi connectivity index (χ0v) is 15.7. The second-order valence-corrected chi connectivity index (χ2v) is 6.54. The van der Waals surface area contributed by atoms with E-state index in [0.717, 1.165) is 24.0 Å². The molecule has 6 heteroatoms. The Morgan fingerprint density at radius 3 is 2.62 bits per heavy atom. The number of nitrogens with one attached hydrogen (secondary N) is 1. The molecular weight excluding hydrogens is 332 g/mol. The van der Waals surface area contributed by atoms with Gasteiger partial charge in [0.05, 0.1) is 35.6 Å². The number of hydrogen-bond acceptors (Lipinski definition) is 4. The third kappa shape index (κ3) is 4.06. The van der Waals surface area contributed by atoms with Crippen molar-refractivity contribution in [2.45, 2.75) is 45.3 Å². The van der Waals surface area contributed by atoms with Crippen LogP contribution in [0.2, 0.25) is 0 Å². The molecule has 2 unspecified atom stereocenters. The molecule has 0 saturated heterocycles. The molecule has 1 aromatic heterocycles. The van der Waals surface area contributed by atoms with Crippen LogP contribution in [0.3, 0.4) is 0 Å². The number of nitrogens with zero attached hydrogens (tertiary/aromatic N) is 3. The van der Waals surface area contributed by atoms with Crippen molar-refractivity contribution in [3.63, 3.8) is 0 Å². The van der Waals surface area contributed by atoms with Crippen molar-refractivity contribution in [1.82, 2.24) is 20.0 Å². The topological polar surface area (TPSA) is 42.3 Å². The Balaban J connectivity index is 3.24. The maximum atomic E-state index is 5.20. The molecule has 1 N–H and O–H groups in total. The van der Waals surface area contributed by atoms with E-state index in [1.807, 2.05) is 10.9 Å². The fourth-order valence-electron chi connectivity index (χ4n) is 2.61. The molecular formula is C15H29BrN4O. The van der Waals surface area contributed by atoms with Gasteiger partial charge in [-0.15, -0.1) is 0 Å². The van der Waals surface area contributed by atoms with E-state index in [9.17, 15) is 0 Å². The maximum Gasteiger partial charge on any atom is 0.0715 e. The van der Waals surface area contributed by atoms with E-state index in [1.54, 1.807) is 7.11 Å². The van der Waals surface area contributed by atoms with Crippen LogP contribution < -0.4 is 5.32 Å². The predicted octanol–water partition coefficient (Wildman–Crippen LogP) is 2.67. The Morgan fingerprint density at radius 2 is 2.14 bits per heavy atom. The smallest absolute Gasteiger partial charge is 0.0715 e. The third-order valence-corrected chi connectivity index (χ3v) is 4.99. The summed E-state index contributed by atoms with van der Waals surface area (Å²) >= 11 is 3.67. The third-order valence-electron chi connectivity index (χ3n) is 4.38. The minimum absolute atomic E-state index is 0.00336. The van der Waals surface area contributed by atoms with Gasteiger partial charge in [0.15, 0.2) is 0 Å². The number of aromatic nitrogens is 2. The lowest BCUT2D eigenvalue weighted by Crippen LogP contribution is -2.52. The van der Waals surface area contributed by atoms with Gasteiger partial charge in [0.1, 0.15) is 0 Å². The first kappa shape index (κ1) is 18.6. The fraction of sp³-hybridized carbons (Fsp3) is 0.800. The summed E-state index contributed by atoms with van der Waals surface area (Å²) in [7, 11) is 5.99. The van der Waals surface area contributed by atoms with Gasteiger partial charge in [-0.25, -0.2) is 0 Å². The van der Waals surface area contributed by atoms with E-state index in [1.165, 1.54) is 5.69 Å². The molecule has 1 rings (SSSR count). The molecule has 0 spiro atoms. The zero-order valence-electron chi connectivity index (χ0n) is 14.1. The van der Waals surface area contributed by atoms with E-state index in [4.69, 9.17) is 4.74 Å². The summed E-state index contributed by atoms with van der Waals surface area (Å²) < 4.78 is 8.29. The lowest BCUT2D eigenvalue weighted by Gasteiger charge is -2.43. The maximum absolute atomic E-state index is 5.20. The molecule has 21 heavy (non-hydrogen) atoms. The Labute approximate surface area is 137 Å². The molecule has 5 nitrogen and oxygen atoms in total. The van der Waals surface area contributed by atoms with Crippen LogP contribution in [0.15, 0.2) is 10.7 Å². The first-order valence-electron chi connectivity index (χ1n) is 7.53. The zero-order chi connectivity index (χ0) is 16.0. The van der Waals surface area contributed by atoms with E-state index in [2.05, 4.69) is 66.1 Å². The summed E-state index contributed by atoms with van der Waals surface area (Å²) in [4.78, 5) is 2.29. The van der Waals surface area contributed by atoms with Gasteiger partial charge in [0.2, 0.25) is 0 Å². The monoisotopic (exact) mass is 360 g/mol. The number of ether oxygens (including phenoxy) is 1. The van der Waals surface area contributed by atoms with Crippen LogP contribution in [-0.4, -0.2) is 54.6 Å². The first-order valence-corrected chi connectivity index (χ1v) is 8.32. The van der Waals surface area contributed by atoms with E-state index < -0.39 is 0 Å². The number of hydrogen-bond donors (Lipinski definition) is 1. The lowest BCUT2D eigenvalue weighted by atomic mass is 9.85. The number of likely N-dealkylation sites (N-methyl/N-ethyl adjacent to an activating group) is 2. The van der Waals surface area contributed by atoms with Crippen molar-refractivity contribution in [2.75, 3.05) is 34.4 Å².